The normalized spacial score (nSPS) is 12.1. The summed E-state index contributed by atoms with van der Waals surface area (Å²) in [7, 11) is 0. The van der Waals surface area contributed by atoms with Crippen LogP contribution in [0.1, 0.15) is 124 Å². The minimum atomic E-state index is -0.472. The average molecular weight is 501 g/mol. The Bertz CT molecular complexity index is 318. The number of aliphatic hydroxyl groups excluding tert-OH is 2. The summed E-state index contributed by atoms with van der Waals surface area (Å²) in [5.41, 5.74) is -0.944. The van der Waals surface area contributed by atoms with Gasteiger partial charge in [-0.3, -0.25) is 4.79 Å². The molecule has 0 bridgehead atoms. The molecule has 2 atom stereocenters. The van der Waals surface area contributed by atoms with Gasteiger partial charge in [0.2, 0.25) is 0 Å². The van der Waals surface area contributed by atoms with Gasteiger partial charge in [-0.2, -0.15) is 12.6 Å². The number of rotatable bonds is 18. The van der Waals surface area contributed by atoms with Crippen molar-refractivity contribution in [3.05, 3.63) is 0 Å². The van der Waals surface area contributed by atoms with Crippen molar-refractivity contribution in [2.75, 3.05) is 12.4 Å². The van der Waals surface area contributed by atoms with Crippen molar-refractivity contribution in [2.24, 2.45) is 0 Å². The predicted molar refractivity (Wildman–Crippen MR) is 146 cm³/mol. The molecule has 0 fully saturated rings. The third kappa shape index (κ3) is 53.6. The summed E-state index contributed by atoms with van der Waals surface area (Å²) in [4.78, 5) is 10.9. The first-order valence-electron chi connectivity index (χ1n) is 12.3. The molecule has 0 aromatic rings. The quantitative estimate of drug-likeness (QED) is 0.0596. The Morgan fingerprint density at radius 3 is 1.19 bits per heavy atom. The zero-order valence-corrected chi connectivity index (χ0v) is 23.1. The van der Waals surface area contributed by atoms with Crippen LogP contribution in [0.4, 0.5) is 0 Å². The van der Waals surface area contributed by atoms with Gasteiger partial charge in [-0.15, -0.1) is 25.3 Å². The van der Waals surface area contributed by atoms with E-state index in [2.05, 4.69) is 44.8 Å². The molecule has 0 aliphatic carbocycles. The number of carbonyl (C=O) groups excluding carboxylic acids is 1. The van der Waals surface area contributed by atoms with E-state index in [4.69, 9.17) is 14.9 Å². The van der Waals surface area contributed by atoms with Crippen LogP contribution in [0.2, 0.25) is 0 Å². The topological polar surface area (TPSA) is 66.8 Å². The van der Waals surface area contributed by atoms with Gasteiger partial charge in [0.05, 0.1) is 23.2 Å². The molecule has 0 saturated carbocycles. The molecule has 0 spiro atoms. The second-order valence-electron chi connectivity index (χ2n) is 7.95. The number of carbonyl (C=O) groups is 1. The number of unbranched alkanes of at least 4 members (excludes halogenated alkanes) is 15. The summed E-state index contributed by atoms with van der Waals surface area (Å²) in [5, 5.41) is 15.8. The first-order chi connectivity index (χ1) is 14.8. The second-order valence-corrected chi connectivity index (χ2v) is 9.76. The van der Waals surface area contributed by atoms with Gasteiger partial charge in [-0.05, 0) is 20.3 Å². The fraction of sp³-hybridized carbons (Fsp3) is 0.958. The zero-order valence-electron chi connectivity index (χ0n) is 20.4. The van der Waals surface area contributed by atoms with Crippen LogP contribution >= 0.6 is 37.9 Å². The van der Waals surface area contributed by atoms with E-state index in [1.807, 2.05) is 0 Å². The Kier molecular flexibility index (Phi) is 37.9. The average Bonchev–Trinajstić information content (AvgIpc) is 2.69. The van der Waals surface area contributed by atoms with Crippen molar-refractivity contribution in [3.63, 3.8) is 0 Å². The van der Waals surface area contributed by atoms with Crippen molar-refractivity contribution in [2.45, 2.75) is 134 Å². The smallest absolute Gasteiger partial charge is 0.315 e. The molecule has 0 amide bonds. The summed E-state index contributed by atoms with van der Waals surface area (Å²) in [6.07, 6.45) is 21.8. The van der Waals surface area contributed by atoms with Crippen molar-refractivity contribution < 1.29 is 19.7 Å². The maximum atomic E-state index is 10.9. The fourth-order valence-corrected chi connectivity index (χ4v) is 2.97. The third-order valence-corrected chi connectivity index (χ3v) is 4.65. The molecule has 0 heterocycles. The lowest BCUT2D eigenvalue weighted by Gasteiger charge is -2.04. The lowest BCUT2D eigenvalue weighted by molar-refractivity contribution is -0.140. The van der Waals surface area contributed by atoms with Crippen molar-refractivity contribution >= 4 is 43.9 Å². The van der Waals surface area contributed by atoms with Crippen LogP contribution in [-0.4, -0.2) is 39.4 Å². The van der Waals surface area contributed by atoms with Crippen LogP contribution in [0.3, 0.4) is 0 Å². The summed E-state index contributed by atoms with van der Waals surface area (Å²) < 4.78 is 4.99. The fourth-order valence-electron chi connectivity index (χ4n) is 2.88. The van der Waals surface area contributed by atoms with E-state index in [0.717, 1.165) is 6.42 Å². The van der Waals surface area contributed by atoms with Gasteiger partial charge in [0.1, 0.15) is 0 Å². The molecule has 0 aromatic carbocycles. The minimum absolute atomic E-state index is 0.193. The van der Waals surface area contributed by atoms with Crippen LogP contribution < -0.4 is 0 Å². The van der Waals surface area contributed by atoms with Gasteiger partial charge in [-0.1, -0.05) is 103 Å². The maximum Gasteiger partial charge on any atom is 0.315 e. The van der Waals surface area contributed by atoms with E-state index in [0.29, 0.717) is 6.61 Å². The SMILES string of the molecule is CC(O)S.CC(O)S.CCCCCCCCCCCCCCCCCCOC(=O)CS. The highest BCUT2D eigenvalue weighted by Crippen LogP contribution is 2.13. The van der Waals surface area contributed by atoms with Crippen LogP contribution in [0.15, 0.2) is 0 Å². The molecule has 0 rings (SSSR count). The summed E-state index contributed by atoms with van der Waals surface area (Å²) in [6, 6.07) is 0. The monoisotopic (exact) mass is 500 g/mol. The van der Waals surface area contributed by atoms with Crippen LogP contribution in [0, 0.1) is 0 Å². The van der Waals surface area contributed by atoms with Crippen molar-refractivity contribution in [1.29, 1.82) is 0 Å². The van der Waals surface area contributed by atoms with E-state index in [1.54, 1.807) is 13.8 Å². The third-order valence-electron chi connectivity index (χ3n) is 4.39. The van der Waals surface area contributed by atoms with Crippen LogP contribution in [-0.2, 0) is 9.53 Å². The van der Waals surface area contributed by atoms with Gasteiger partial charge in [0, 0.05) is 0 Å². The lowest BCUT2D eigenvalue weighted by atomic mass is 10.0. The van der Waals surface area contributed by atoms with Gasteiger partial charge in [-0.25, -0.2) is 0 Å². The molecule has 4 nitrogen and oxygen atoms in total. The van der Waals surface area contributed by atoms with Gasteiger partial charge in [0.15, 0.2) is 0 Å². The van der Waals surface area contributed by atoms with Gasteiger partial charge in [0.25, 0.3) is 0 Å². The number of aliphatic hydroxyl groups is 2. The van der Waals surface area contributed by atoms with E-state index < -0.39 is 10.9 Å². The van der Waals surface area contributed by atoms with Crippen molar-refractivity contribution in [1.82, 2.24) is 0 Å². The Hall–Kier alpha value is 0.440. The lowest BCUT2D eigenvalue weighted by Crippen LogP contribution is -2.06. The van der Waals surface area contributed by atoms with E-state index >= 15 is 0 Å². The molecule has 0 aliphatic heterocycles. The molecule has 7 heteroatoms. The van der Waals surface area contributed by atoms with Crippen LogP contribution in [0.25, 0.3) is 0 Å². The second kappa shape index (κ2) is 32.6. The number of esters is 1. The first kappa shape index (κ1) is 36.0. The van der Waals surface area contributed by atoms with Gasteiger partial charge >= 0.3 is 5.97 Å². The maximum absolute atomic E-state index is 10.9. The zero-order chi connectivity index (χ0) is 24.2. The molecular weight excluding hydrogens is 448 g/mol. The number of thiol groups is 3. The Balaban J connectivity index is -0.000000832. The predicted octanol–water partition coefficient (Wildman–Crippen LogP) is 7.23. The molecular formula is C24H52O4S3. The molecule has 0 radical (unpaired) electrons. The standard InChI is InChI=1S/C20H40O2S.2C2H6OS/c1-2-3-4-5-6-7-8-9-10-11-12-13-14-15-16-17-18-22-20(21)19-23;2*1-2(3)4/h23H,2-19H2,1H3;2*2-4H,1H3. The number of ether oxygens (including phenoxy) is 1. The summed E-state index contributed by atoms with van der Waals surface area (Å²) in [6.45, 7) is 6.02. The molecule has 31 heavy (non-hydrogen) atoms. The Labute approximate surface area is 209 Å². The van der Waals surface area contributed by atoms with E-state index in [9.17, 15) is 4.79 Å². The molecule has 0 aromatic heterocycles. The molecule has 190 valence electrons. The molecule has 2 N–H and O–H groups in total. The largest absolute Gasteiger partial charge is 0.465 e. The van der Waals surface area contributed by atoms with E-state index in [1.165, 1.54) is 96.3 Å². The highest BCUT2D eigenvalue weighted by Gasteiger charge is 1.98. The summed E-state index contributed by atoms with van der Waals surface area (Å²) in [5.74, 6) is -0.00642. The van der Waals surface area contributed by atoms with Gasteiger partial charge < -0.3 is 14.9 Å². The van der Waals surface area contributed by atoms with Crippen LogP contribution in [0.5, 0.6) is 0 Å². The highest BCUT2D eigenvalue weighted by molar-refractivity contribution is 7.81. The van der Waals surface area contributed by atoms with Crippen molar-refractivity contribution in [3.8, 4) is 0 Å². The number of hydrogen-bond acceptors (Lipinski definition) is 7. The summed E-state index contributed by atoms with van der Waals surface area (Å²) >= 11 is 10.9. The van der Waals surface area contributed by atoms with E-state index in [-0.39, 0.29) is 11.7 Å². The highest BCUT2D eigenvalue weighted by atomic mass is 32.1. The molecule has 0 aliphatic rings. The molecule has 2 unspecified atom stereocenters. The number of hydrogen-bond donors (Lipinski definition) is 5. The molecule has 0 saturated heterocycles. The Morgan fingerprint density at radius 1 is 0.677 bits per heavy atom. The first-order valence-corrected chi connectivity index (χ1v) is 13.9. The minimum Gasteiger partial charge on any atom is -0.465 e. The Morgan fingerprint density at radius 2 is 0.935 bits per heavy atom.